The van der Waals surface area contributed by atoms with Crippen LogP contribution in [0, 0.1) is 0 Å². The summed E-state index contributed by atoms with van der Waals surface area (Å²) in [6.45, 7) is 4.50. The Bertz CT molecular complexity index is 1440. The van der Waals surface area contributed by atoms with E-state index in [9.17, 15) is 19.5 Å². The van der Waals surface area contributed by atoms with Gasteiger partial charge < -0.3 is 33.3 Å². The molecule has 0 saturated carbocycles. The molecule has 0 bridgehead atoms. The van der Waals surface area contributed by atoms with Gasteiger partial charge in [-0.1, -0.05) is 175 Å². The molecule has 374 valence electrons. The maximum Gasteiger partial charge on any atom is 0.306 e. The average molecular weight is 920 g/mol. The monoisotopic (exact) mass is 920 g/mol. The number of nitrogens with zero attached hydrogens (tertiary/aromatic N) is 1. The van der Waals surface area contributed by atoms with Crippen LogP contribution in [0.3, 0.4) is 0 Å². The predicted octanol–water partition coefficient (Wildman–Crippen LogP) is 13.1. The van der Waals surface area contributed by atoms with E-state index in [1.165, 1.54) is 6.42 Å². The van der Waals surface area contributed by atoms with Gasteiger partial charge in [0, 0.05) is 12.8 Å². The van der Waals surface area contributed by atoms with Gasteiger partial charge in [0.05, 0.1) is 40.3 Å². The van der Waals surface area contributed by atoms with Crippen LogP contribution in [0.25, 0.3) is 0 Å². The highest BCUT2D eigenvalue weighted by atomic mass is 16.7. The lowest BCUT2D eigenvalue weighted by Crippen LogP contribution is -2.44. The summed E-state index contributed by atoms with van der Waals surface area (Å²) >= 11 is 0. The van der Waals surface area contributed by atoms with Crippen molar-refractivity contribution in [2.75, 3.05) is 47.5 Å². The van der Waals surface area contributed by atoms with E-state index < -0.39 is 24.3 Å². The molecule has 0 heterocycles. The molecule has 0 aromatic carbocycles. The molecule has 0 aliphatic heterocycles. The third-order valence-corrected chi connectivity index (χ3v) is 10.2. The summed E-state index contributed by atoms with van der Waals surface area (Å²) in [6, 6.07) is 0. The first-order chi connectivity index (χ1) is 32.1. The van der Waals surface area contributed by atoms with E-state index in [1.54, 1.807) is 0 Å². The van der Waals surface area contributed by atoms with Gasteiger partial charge in [0.1, 0.15) is 13.2 Å². The third-order valence-electron chi connectivity index (χ3n) is 10.2. The molecule has 0 aliphatic rings. The van der Waals surface area contributed by atoms with E-state index in [2.05, 4.69) is 123 Å². The van der Waals surface area contributed by atoms with Crippen LogP contribution in [0.4, 0.5) is 0 Å². The fraction of sp³-hybridized carbons (Fsp3) is 0.632. The number of carbonyl (C=O) groups excluding carboxylic acids is 3. The summed E-state index contributed by atoms with van der Waals surface area (Å²) in [6.07, 6.45) is 61.4. The van der Waals surface area contributed by atoms with Gasteiger partial charge in [-0.2, -0.15) is 0 Å². The highest BCUT2D eigenvalue weighted by Gasteiger charge is 2.21. The van der Waals surface area contributed by atoms with Crippen LogP contribution >= 0.6 is 0 Å². The van der Waals surface area contributed by atoms with Gasteiger partial charge in [0.25, 0.3) is 0 Å². The van der Waals surface area contributed by atoms with Gasteiger partial charge in [-0.25, -0.2) is 0 Å². The number of esters is 2. The second-order valence-electron chi connectivity index (χ2n) is 17.7. The number of likely N-dealkylation sites (N-methyl/N-ethyl adjacent to an activating group) is 1. The standard InChI is InChI=1S/C57H93NO8/c1-6-8-10-12-14-16-18-19-20-21-22-23-24-25-26-27-28-29-30-31-32-33-34-35-36-37-38-40-42-44-46-48-55(60)66-53(52-65-57(56(61)62)63-50-49-58(3,4)5)51-64-54(59)47-45-43-41-39-17-15-13-11-9-7-2/h8,10-11,13-14,16,19-20,22-23,25-26,28-29,31-32,34-35,53,57H,6-7,9,12,15,17-18,21,24,27,30,33,36-52H2,1-5H3/b10-8-,13-11-,16-14-,20-19-,23-22-,26-25-,29-28-,32-31-,35-34-. The summed E-state index contributed by atoms with van der Waals surface area (Å²) in [7, 11) is 5.89. The SMILES string of the molecule is CC/C=C\C/C=C\C/C=C\C/C=C\C/C=C\C/C=C\C/C=C\C/C=C\CCCCCCCCC(=O)OC(COC(=O)CCCCCCC/C=C\CCC)COC(OCC[N+](C)(C)C)C(=O)[O-]. The van der Waals surface area contributed by atoms with E-state index in [0.717, 1.165) is 135 Å². The Kier molecular flexibility index (Phi) is 44.5. The number of carboxylic acid groups (broad SMARTS) is 1. The first-order valence-corrected chi connectivity index (χ1v) is 25.5. The summed E-state index contributed by atoms with van der Waals surface area (Å²) in [5, 5.41) is 11.7. The van der Waals surface area contributed by atoms with Crippen LogP contribution in [-0.2, 0) is 33.3 Å². The van der Waals surface area contributed by atoms with Crippen molar-refractivity contribution in [3.8, 4) is 0 Å². The van der Waals surface area contributed by atoms with Crippen LogP contribution in [0.2, 0.25) is 0 Å². The lowest BCUT2D eigenvalue weighted by molar-refractivity contribution is -0.870. The molecule has 0 fully saturated rings. The predicted molar refractivity (Wildman–Crippen MR) is 273 cm³/mol. The van der Waals surface area contributed by atoms with Crippen LogP contribution in [0.15, 0.2) is 109 Å². The Morgan fingerprint density at radius 3 is 1.30 bits per heavy atom. The average Bonchev–Trinajstić information content (AvgIpc) is 3.28. The smallest absolute Gasteiger partial charge is 0.306 e. The van der Waals surface area contributed by atoms with Crippen molar-refractivity contribution < 1.29 is 42.9 Å². The molecule has 0 spiro atoms. The van der Waals surface area contributed by atoms with Gasteiger partial charge in [0.2, 0.25) is 0 Å². The van der Waals surface area contributed by atoms with Crippen LogP contribution in [0.1, 0.15) is 174 Å². The number of carbonyl (C=O) groups is 3. The molecular formula is C57H93NO8. The molecule has 9 nitrogen and oxygen atoms in total. The quantitative estimate of drug-likeness (QED) is 0.0195. The normalized spacial score (nSPS) is 13.8. The Labute approximate surface area is 403 Å². The van der Waals surface area contributed by atoms with Crippen molar-refractivity contribution >= 4 is 17.9 Å². The Balaban J connectivity index is 4.29. The molecule has 2 unspecified atom stereocenters. The maximum absolute atomic E-state index is 12.8. The molecule has 0 amide bonds. The number of rotatable bonds is 45. The molecule has 9 heteroatoms. The molecule has 66 heavy (non-hydrogen) atoms. The van der Waals surface area contributed by atoms with Gasteiger partial charge in [0.15, 0.2) is 12.4 Å². The van der Waals surface area contributed by atoms with E-state index >= 15 is 0 Å². The summed E-state index contributed by atoms with van der Waals surface area (Å²) < 4.78 is 22.5. The second-order valence-corrected chi connectivity index (χ2v) is 17.7. The minimum atomic E-state index is -1.63. The zero-order chi connectivity index (χ0) is 48.4. The van der Waals surface area contributed by atoms with Crippen molar-refractivity contribution in [1.82, 2.24) is 0 Å². The lowest BCUT2D eigenvalue weighted by atomic mass is 10.1. The zero-order valence-corrected chi connectivity index (χ0v) is 42.3. The Hall–Kier alpha value is -4.05. The molecule has 0 aromatic rings. The van der Waals surface area contributed by atoms with Crippen LogP contribution < -0.4 is 5.11 Å². The number of hydrogen-bond donors (Lipinski definition) is 0. The number of hydrogen-bond acceptors (Lipinski definition) is 8. The number of aliphatic carboxylic acids is 1. The van der Waals surface area contributed by atoms with Crippen LogP contribution in [-0.4, -0.2) is 82.3 Å². The topological polar surface area (TPSA) is 111 Å². The fourth-order valence-electron chi connectivity index (χ4n) is 6.32. The van der Waals surface area contributed by atoms with Crippen molar-refractivity contribution in [1.29, 1.82) is 0 Å². The maximum atomic E-state index is 12.8. The van der Waals surface area contributed by atoms with E-state index in [4.69, 9.17) is 18.9 Å². The number of allylic oxidation sites excluding steroid dienone is 18. The highest BCUT2D eigenvalue weighted by molar-refractivity contribution is 5.70. The number of quaternary nitrogens is 1. The van der Waals surface area contributed by atoms with Crippen LogP contribution in [0.5, 0.6) is 0 Å². The summed E-state index contributed by atoms with van der Waals surface area (Å²) in [4.78, 5) is 37.0. The van der Waals surface area contributed by atoms with E-state index in [1.807, 2.05) is 21.1 Å². The largest absolute Gasteiger partial charge is 0.545 e. The molecule has 0 aromatic heterocycles. The molecule has 0 N–H and O–H groups in total. The molecule has 0 rings (SSSR count). The Morgan fingerprint density at radius 1 is 0.470 bits per heavy atom. The van der Waals surface area contributed by atoms with Crippen molar-refractivity contribution in [3.05, 3.63) is 109 Å². The van der Waals surface area contributed by atoms with Gasteiger partial charge in [-0.05, 0) is 96.3 Å². The van der Waals surface area contributed by atoms with Gasteiger partial charge in [-0.3, -0.25) is 9.59 Å². The number of unbranched alkanes of at least 4 members (excludes halogenated alkanes) is 12. The molecular weight excluding hydrogens is 827 g/mol. The number of carboxylic acids is 1. The highest BCUT2D eigenvalue weighted by Crippen LogP contribution is 2.13. The zero-order valence-electron chi connectivity index (χ0n) is 42.3. The first kappa shape index (κ1) is 62.0. The summed E-state index contributed by atoms with van der Waals surface area (Å²) in [5.41, 5.74) is 0. The Morgan fingerprint density at radius 2 is 0.864 bits per heavy atom. The summed E-state index contributed by atoms with van der Waals surface area (Å²) in [5.74, 6) is -2.34. The van der Waals surface area contributed by atoms with Crippen molar-refractivity contribution in [2.45, 2.75) is 187 Å². The van der Waals surface area contributed by atoms with Gasteiger partial charge >= 0.3 is 11.9 Å². The van der Waals surface area contributed by atoms with Crippen molar-refractivity contribution in [2.24, 2.45) is 0 Å². The second kappa shape index (κ2) is 47.4. The molecule has 0 saturated heterocycles. The van der Waals surface area contributed by atoms with Crippen molar-refractivity contribution in [3.63, 3.8) is 0 Å². The fourth-order valence-corrected chi connectivity index (χ4v) is 6.32. The molecule has 0 aliphatic carbocycles. The van der Waals surface area contributed by atoms with E-state index in [-0.39, 0.29) is 38.6 Å². The van der Waals surface area contributed by atoms with Gasteiger partial charge in [-0.15, -0.1) is 0 Å². The lowest BCUT2D eigenvalue weighted by Gasteiger charge is -2.26. The molecule has 0 radical (unpaired) electrons. The first-order valence-electron chi connectivity index (χ1n) is 25.5. The minimum absolute atomic E-state index is 0.137. The van der Waals surface area contributed by atoms with E-state index in [0.29, 0.717) is 17.4 Å². The minimum Gasteiger partial charge on any atom is -0.545 e. The third kappa shape index (κ3) is 47.9. The molecule has 2 atom stereocenters. The number of ether oxygens (including phenoxy) is 4.